The van der Waals surface area contributed by atoms with Crippen LogP contribution >= 0.6 is 0 Å². The summed E-state index contributed by atoms with van der Waals surface area (Å²) < 4.78 is 0. The van der Waals surface area contributed by atoms with Gasteiger partial charge in [0.05, 0.1) is 0 Å². The summed E-state index contributed by atoms with van der Waals surface area (Å²) in [6.45, 7) is 8.73. The third-order valence-electron chi connectivity index (χ3n) is 5.41. The number of amides is 1. The Bertz CT molecular complexity index is 828. The molecule has 0 aliphatic carbocycles. The molecule has 1 aromatic carbocycles. The lowest BCUT2D eigenvalue weighted by atomic mass is 9.86. The molecule has 0 atom stereocenters. The number of nitrogens with zero attached hydrogens (tertiary/aromatic N) is 2. The first kappa shape index (κ1) is 21.0. The van der Waals surface area contributed by atoms with Crippen molar-refractivity contribution in [1.82, 2.24) is 10.3 Å². The molecule has 2 heterocycles. The Hall–Kier alpha value is -2.69. The van der Waals surface area contributed by atoms with E-state index in [9.17, 15) is 9.59 Å². The summed E-state index contributed by atoms with van der Waals surface area (Å²) in [6, 6.07) is 11.2. The number of ketones is 1. The highest BCUT2D eigenvalue weighted by atomic mass is 16.2. The predicted molar refractivity (Wildman–Crippen MR) is 116 cm³/mol. The molecule has 1 aromatic heterocycles. The number of aromatic nitrogens is 1. The molecule has 0 spiro atoms. The molecule has 1 amide bonds. The highest BCUT2D eigenvalue weighted by molar-refractivity contribution is 6.42. The number of pyridine rings is 1. The lowest BCUT2D eigenvalue weighted by Gasteiger charge is -2.21. The van der Waals surface area contributed by atoms with Crippen molar-refractivity contribution in [1.29, 1.82) is 0 Å². The molecular formula is C24H31N3O2. The normalized spacial score (nSPS) is 14.9. The second kappa shape index (κ2) is 9.21. The zero-order valence-electron chi connectivity index (χ0n) is 17.7. The third kappa shape index (κ3) is 5.66. The van der Waals surface area contributed by atoms with Crippen molar-refractivity contribution < 1.29 is 9.59 Å². The summed E-state index contributed by atoms with van der Waals surface area (Å²) in [5, 5.41) is 2.71. The van der Waals surface area contributed by atoms with Gasteiger partial charge in [0.15, 0.2) is 0 Å². The Morgan fingerprint density at radius 1 is 0.966 bits per heavy atom. The standard InChI is InChI=1S/C24H31N3O2/c1-24(2,3)20-11-9-19(10-12-20)22(28)23(29)26-17-18-8-13-21(25-16-18)27-14-6-4-5-7-15-27/h8-13,16H,4-7,14-15,17H2,1-3H3,(H,26,29). The fourth-order valence-corrected chi connectivity index (χ4v) is 3.52. The van der Waals surface area contributed by atoms with Crippen LogP contribution in [0, 0.1) is 0 Å². The van der Waals surface area contributed by atoms with E-state index in [1.165, 1.54) is 25.7 Å². The molecule has 1 aliphatic heterocycles. The van der Waals surface area contributed by atoms with Gasteiger partial charge in [0.25, 0.3) is 5.91 Å². The number of benzene rings is 1. The molecule has 1 aliphatic rings. The van der Waals surface area contributed by atoms with E-state index in [-0.39, 0.29) is 12.0 Å². The molecule has 5 heteroatoms. The second-order valence-corrected chi connectivity index (χ2v) is 8.77. The van der Waals surface area contributed by atoms with Gasteiger partial charge in [-0.2, -0.15) is 0 Å². The van der Waals surface area contributed by atoms with Crippen molar-refractivity contribution in [2.24, 2.45) is 0 Å². The molecule has 0 unspecified atom stereocenters. The molecule has 0 saturated carbocycles. The first-order chi connectivity index (χ1) is 13.8. The Morgan fingerprint density at radius 2 is 1.62 bits per heavy atom. The number of hydrogen-bond donors (Lipinski definition) is 1. The fourth-order valence-electron chi connectivity index (χ4n) is 3.52. The van der Waals surface area contributed by atoms with E-state index in [0.29, 0.717) is 5.56 Å². The van der Waals surface area contributed by atoms with Gasteiger partial charge in [-0.15, -0.1) is 0 Å². The molecule has 2 aromatic rings. The predicted octanol–water partition coefficient (Wildman–Crippen LogP) is 4.26. The Balaban J connectivity index is 1.55. The van der Waals surface area contributed by atoms with Crippen LogP contribution in [0.4, 0.5) is 5.82 Å². The molecule has 0 radical (unpaired) electrons. The van der Waals surface area contributed by atoms with Gasteiger partial charge in [0.2, 0.25) is 5.78 Å². The zero-order valence-corrected chi connectivity index (χ0v) is 17.7. The average molecular weight is 394 g/mol. The van der Waals surface area contributed by atoms with Gasteiger partial charge in [-0.05, 0) is 35.4 Å². The molecule has 1 N–H and O–H groups in total. The van der Waals surface area contributed by atoms with Crippen LogP contribution in [0.2, 0.25) is 0 Å². The van der Waals surface area contributed by atoms with Crippen molar-refractivity contribution in [3.05, 3.63) is 59.3 Å². The number of nitrogens with one attached hydrogen (secondary N) is 1. The maximum Gasteiger partial charge on any atom is 0.292 e. The van der Waals surface area contributed by atoms with Crippen LogP contribution in [0.1, 0.15) is 67.9 Å². The minimum absolute atomic E-state index is 0.0102. The summed E-state index contributed by atoms with van der Waals surface area (Å²) in [4.78, 5) is 31.5. The monoisotopic (exact) mass is 393 g/mol. The van der Waals surface area contributed by atoms with Crippen LogP contribution in [-0.4, -0.2) is 29.8 Å². The summed E-state index contributed by atoms with van der Waals surface area (Å²) in [6.07, 6.45) is 6.76. The Labute approximate surface area is 173 Å². The number of hydrogen-bond acceptors (Lipinski definition) is 4. The van der Waals surface area contributed by atoms with Crippen molar-refractivity contribution >= 4 is 17.5 Å². The quantitative estimate of drug-likeness (QED) is 0.609. The molecule has 154 valence electrons. The first-order valence-electron chi connectivity index (χ1n) is 10.5. The lowest BCUT2D eigenvalue weighted by molar-refractivity contribution is -0.117. The minimum atomic E-state index is -0.592. The Morgan fingerprint density at radius 3 is 2.17 bits per heavy atom. The maximum absolute atomic E-state index is 12.4. The van der Waals surface area contributed by atoms with E-state index in [1.807, 2.05) is 24.3 Å². The molecule has 3 rings (SSSR count). The van der Waals surface area contributed by atoms with Crippen LogP contribution < -0.4 is 10.2 Å². The van der Waals surface area contributed by atoms with Crippen LogP contribution in [0.15, 0.2) is 42.6 Å². The van der Waals surface area contributed by atoms with Gasteiger partial charge in [-0.3, -0.25) is 9.59 Å². The lowest BCUT2D eigenvalue weighted by Crippen LogP contribution is -2.30. The number of Topliss-reactive ketones (excluding diaryl/α,β-unsaturated/α-hetero) is 1. The fraction of sp³-hybridized carbons (Fsp3) is 0.458. The van der Waals surface area contributed by atoms with Crippen molar-refractivity contribution in [2.45, 2.75) is 58.4 Å². The number of anilines is 1. The third-order valence-corrected chi connectivity index (χ3v) is 5.41. The highest BCUT2D eigenvalue weighted by Gasteiger charge is 2.18. The van der Waals surface area contributed by atoms with E-state index in [1.54, 1.807) is 18.3 Å². The first-order valence-corrected chi connectivity index (χ1v) is 10.5. The summed E-state index contributed by atoms with van der Waals surface area (Å²) in [5.41, 5.74) is 2.43. The Kier molecular flexibility index (Phi) is 6.68. The number of rotatable bonds is 5. The van der Waals surface area contributed by atoms with Gasteiger partial charge in [0.1, 0.15) is 5.82 Å². The summed E-state index contributed by atoms with van der Waals surface area (Å²) in [5.74, 6) is -0.123. The molecule has 1 saturated heterocycles. The van der Waals surface area contributed by atoms with E-state index in [0.717, 1.165) is 30.0 Å². The van der Waals surface area contributed by atoms with Gasteiger partial charge < -0.3 is 10.2 Å². The van der Waals surface area contributed by atoms with Crippen LogP contribution in [0.3, 0.4) is 0 Å². The zero-order chi connectivity index (χ0) is 20.9. The van der Waals surface area contributed by atoms with Crippen LogP contribution in [-0.2, 0) is 16.8 Å². The summed E-state index contributed by atoms with van der Waals surface area (Å²) in [7, 11) is 0. The maximum atomic E-state index is 12.4. The smallest absolute Gasteiger partial charge is 0.292 e. The summed E-state index contributed by atoms with van der Waals surface area (Å²) >= 11 is 0. The van der Waals surface area contributed by atoms with E-state index >= 15 is 0 Å². The molecular weight excluding hydrogens is 362 g/mol. The largest absolute Gasteiger partial charge is 0.357 e. The van der Waals surface area contributed by atoms with E-state index < -0.39 is 11.7 Å². The van der Waals surface area contributed by atoms with Crippen LogP contribution in [0.25, 0.3) is 0 Å². The molecule has 0 bridgehead atoms. The van der Waals surface area contributed by atoms with Gasteiger partial charge in [0, 0.05) is 31.4 Å². The SMILES string of the molecule is CC(C)(C)c1ccc(C(=O)C(=O)NCc2ccc(N3CCCCCC3)nc2)cc1. The topological polar surface area (TPSA) is 62.3 Å². The van der Waals surface area contributed by atoms with Crippen LogP contribution in [0.5, 0.6) is 0 Å². The van der Waals surface area contributed by atoms with E-state index in [4.69, 9.17) is 0 Å². The molecule has 5 nitrogen and oxygen atoms in total. The van der Waals surface area contributed by atoms with Crippen molar-refractivity contribution in [3.8, 4) is 0 Å². The molecule has 29 heavy (non-hydrogen) atoms. The average Bonchev–Trinajstić information content (AvgIpc) is 3.01. The number of carbonyl (C=O) groups is 2. The van der Waals surface area contributed by atoms with E-state index in [2.05, 4.69) is 36.0 Å². The minimum Gasteiger partial charge on any atom is -0.357 e. The van der Waals surface area contributed by atoms with Gasteiger partial charge >= 0.3 is 0 Å². The molecule has 1 fully saturated rings. The van der Waals surface area contributed by atoms with Crippen molar-refractivity contribution in [2.75, 3.05) is 18.0 Å². The number of carbonyl (C=O) groups excluding carboxylic acids is 2. The van der Waals surface area contributed by atoms with Crippen molar-refractivity contribution in [3.63, 3.8) is 0 Å². The highest BCUT2D eigenvalue weighted by Crippen LogP contribution is 2.22. The second-order valence-electron chi connectivity index (χ2n) is 8.77. The van der Waals surface area contributed by atoms with Gasteiger partial charge in [-0.1, -0.05) is 63.9 Å². The van der Waals surface area contributed by atoms with Gasteiger partial charge in [-0.25, -0.2) is 4.98 Å².